The lowest BCUT2D eigenvalue weighted by molar-refractivity contribution is -0.122. The number of piperidine rings is 1. The minimum atomic E-state index is -0.202. The second kappa shape index (κ2) is 6.89. The van der Waals surface area contributed by atoms with Crippen molar-refractivity contribution < 1.29 is 9.53 Å². The smallest absolute Gasteiger partial charge is 0.241 e. The third-order valence-electron chi connectivity index (χ3n) is 4.88. The highest BCUT2D eigenvalue weighted by molar-refractivity contribution is 5.96. The summed E-state index contributed by atoms with van der Waals surface area (Å²) in [5.41, 5.74) is 8.01. The Morgan fingerprint density at radius 2 is 2.17 bits per heavy atom. The summed E-state index contributed by atoms with van der Waals surface area (Å²) in [7, 11) is 1.61. The number of benzene rings is 1. The van der Waals surface area contributed by atoms with E-state index in [2.05, 4.69) is 24.1 Å². The Hall–Kier alpha value is -1.59. The number of likely N-dealkylation sites (tertiary alicyclic amines) is 1. The maximum absolute atomic E-state index is 12.6. The van der Waals surface area contributed by atoms with Gasteiger partial charge >= 0.3 is 0 Å². The molecule has 1 aliphatic rings. The van der Waals surface area contributed by atoms with Gasteiger partial charge in [0, 0.05) is 19.1 Å². The van der Waals surface area contributed by atoms with E-state index < -0.39 is 0 Å². The number of rotatable bonds is 4. The van der Waals surface area contributed by atoms with Crippen molar-refractivity contribution >= 4 is 11.6 Å². The van der Waals surface area contributed by atoms with Crippen LogP contribution in [-0.2, 0) is 4.79 Å². The number of aryl methyl sites for hydroxylation is 1. The van der Waals surface area contributed by atoms with Gasteiger partial charge in [0.1, 0.15) is 5.75 Å². The molecular weight excluding hydrogens is 290 g/mol. The number of nitrogens with zero attached hydrogens (tertiary/aromatic N) is 1. The molecule has 128 valence electrons. The maximum atomic E-state index is 12.6. The molecule has 2 rings (SSSR count). The molecule has 0 spiro atoms. The van der Waals surface area contributed by atoms with Crippen LogP contribution in [0.3, 0.4) is 0 Å². The van der Waals surface area contributed by atoms with E-state index in [9.17, 15) is 4.79 Å². The van der Waals surface area contributed by atoms with Crippen molar-refractivity contribution in [3.8, 4) is 5.75 Å². The van der Waals surface area contributed by atoms with Crippen molar-refractivity contribution in [1.29, 1.82) is 0 Å². The first-order valence-corrected chi connectivity index (χ1v) is 8.20. The fourth-order valence-corrected chi connectivity index (χ4v) is 3.07. The van der Waals surface area contributed by atoms with Gasteiger partial charge < -0.3 is 15.8 Å². The van der Waals surface area contributed by atoms with Crippen LogP contribution in [-0.4, -0.2) is 43.1 Å². The molecule has 0 bridgehead atoms. The number of hydrogen-bond acceptors (Lipinski definition) is 4. The van der Waals surface area contributed by atoms with Gasteiger partial charge in [0.2, 0.25) is 5.91 Å². The highest BCUT2D eigenvalue weighted by Gasteiger charge is 2.36. The lowest BCUT2D eigenvalue weighted by Crippen LogP contribution is -2.56. The summed E-state index contributed by atoms with van der Waals surface area (Å²) in [6, 6.07) is 5.75. The van der Waals surface area contributed by atoms with Gasteiger partial charge in [-0.1, -0.05) is 19.9 Å². The van der Waals surface area contributed by atoms with Gasteiger partial charge in [-0.15, -0.1) is 0 Å². The molecule has 0 radical (unpaired) electrons. The lowest BCUT2D eigenvalue weighted by atomic mass is 9.79. The molecule has 5 nitrogen and oxygen atoms in total. The summed E-state index contributed by atoms with van der Waals surface area (Å²) >= 11 is 0. The van der Waals surface area contributed by atoms with Crippen LogP contribution < -0.4 is 15.8 Å². The topological polar surface area (TPSA) is 67.6 Å². The van der Waals surface area contributed by atoms with Gasteiger partial charge in [0.15, 0.2) is 0 Å². The fourth-order valence-electron chi connectivity index (χ4n) is 3.07. The normalized spacial score (nSPS) is 22.4. The van der Waals surface area contributed by atoms with Crippen LogP contribution in [0.15, 0.2) is 18.2 Å². The first-order valence-electron chi connectivity index (χ1n) is 8.20. The van der Waals surface area contributed by atoms with E-state index in [-0.39, 0.29) is 23.4 Å². The van der Waals surface area contributed by atoms with Gasteiger partial charge in [-0.25, -0.2) is 0 Å². The molecular formula is C18H29N3O2. The van der Waals surface area contributed by atoms with Gasteiger partial charge in [0.25, 0.3) is 0 Å². The molecule has 1 fully saturated rings. The van der Waals surface area contributed by atoms with Gasteiger partial charge in [-0.2, -0.15) is 0 Å². The number of carbonyl (C=O) groups is 1. The second-order valence-corrected chi connectivity index (χ2v) is 7.22. The van der Waals surface area contributed by atoms with Crippen LogP contribution in [0.5, 0.6) is 5.75 Å². The number of anilines is 1. The summed E-state index contributed by atoms with van der Waals surface area (Å²) in [6.45, 7) is 9.95. The quantitative estimate of drug-likeness (QED) is 0.894. The Morgan fingerprint density at radius 3 is 2.78 bits per heavy atom. The highest BCUT2D eigenvalue weighted by Crippen LogP contribution is 2.30. The number of ether oxygens (including phenoxy) is 1. The van der Waals surface area contributed by atoms with Crippen molar-refractivity contribution in [3.05, 3.63) is 23.8 Å². The zero-order valence-electron chi connectivity index (χ0n) is 14.8. The van der Waals surface area contributed by atoms with Crippen LogP contribution in [0.1, 0.15) is 32.8 Å². The number of carbonyl (C=O) groups excluding carboxylic acids is 1. The predicted octanol–water partition coefficient (Wildman–Crippen LogP) is 2.39. The van der Waals surface area contributed by atoms with Crippen LogP contribution in [0, 0.1) is 12.3 Å². The van der Waals surface area contributed by atoms with Crippen LogP contribution in [0.2, 0.25) is 0 Å². The Bertz CT molecular complexity index is 571. The Morgan fingerprint density at radius 1 is 1.48 bits per heavy atom. The molecule has 1 heterocycles. The maximum Gasteiger partial charge on any atom is 0.241 e. The third kappa shape index (κ3) is 4.03. The first-order chi connectivity index (χ1) is 10.7. The van der Waals surface area contributed by atoms with Crippen molar-refractivity contribution in [3.63, 3.8) is 0 Å². The van der Waals surface area contributed by atoms with Crippen molar-refractivity contribution in [2.45, 2.75) is 46.2 Å². The van der Waals surface area contributed by atoms with E-state index in [1.807, 2.05) is 32.0 Å². The van der Waals surface area contributed by atoms with E-state index in [0.717, 1.165) is 30.8 Å². The molecule has 0 aromatic heterocycles. The SMILES string of the molecule is COc1ccc(C)cc1NC(=O)C(C)N1CCC(N)C(C)(C)C1. The molecule has 5 heteroatoms. The van der Waals surface area contributed by atoms with E-state index in [4.69, 9.17) is 10.5 Å². The fraction of sp³-hybridized carbons (Fsp3) is 0.611. The number of nitrogens with two attached hydrogens (primary N) is 1. The predicted molar refractivity (Wildman–Crippen MR) is 93.8 cm³/mol. The summed E-state index contributed by atoms with van der Waals surface area (Å²) in [5, 5.41) is 3.00. The molecule has 1 aliphatic heterocycles. The second-order valence-electron chi connectivity index (χ2n) is 7.22. The summed E-state index contributed by atoms with van der Waals surface area (Å²) in [5.74, 6) is 0.664. The number of amides is 1. The van der Waals surface area contributed by atoms with Crippen LogP contribution in [0.25, 0.3) is 0 Å². The monoisotopic (exact) mass is 319 g/mol. The Kier molecular flexibility index (Phi) is 5.32. The first kappa shape index (κ1) is 17.8. The van der Waals surface area contributed by atoms with Crippen LogP contribution in [0.4, 0.5) is 5.69 Å². The highest BCUT2D eigenvalue weighted by atomic mass is 16.5. The number of methoxy groups -OCH3 is 1. The average Bonchev–Trinajstić information content (AvgIpc) is 2.49. The molecule has 0 aliphatic carbocycles. The molecule has 2 atom stereocenters. The van der Waals surface area contributed by atoms with E-state index in [1.54, 1.807) is 7.11 Å². The molecule has 1 aromatic carbocycles. The Balaban J connectivity index is 2.07. The van der Waals surface area contributed by atoms with E-state index >= 15 is 0 Å². The third-order valence-corrected chi connectivity index (χ3v) is 4.88. The summed E-state index contributed by atoms with van der Waals surface area (Å²) in [4.78, 5) is 14.9. The summed E-state index contributed by atoms with van der Waals surface area (Å²) in [6.07, 6.45) is 0.915. The number of nitrogens with one attached hydrogen (secondary N) is 1. The lowest BCUT2D eigenvalue weighted by Gasteiger charge is -2.44. The van der Waals surface area contributed by atoms with Gasteiger partial charge in [-0.3, -0.25) is 9.69 Å². The molecule has 0 saturated carbocycles. The van der Waals surface area contributed by atoms with Gasteiger partial charge in [-0.05, 0) is 43.4 Å². The average molecular weight is 319 g/mol. The number of hydrogen-bond donors (Lipinski definition) is 2. The van der Waals surface area contributed by atoms with Crippen molar-refractivity contribution in [2.24, 2.45) is 11.1 Å². The molecule has 2 unspecified atom stereocenters. The van der Waals surface area contributed by atoms with Gasteiger partial charge in [0.05, 0.1) is 18.8 Å². The minimum Gasteiger partial charge on any atom is -0.495 e. The molecule has 1 aromatic rings. The Labute approximate surface area is 139 Å². The molecule has 1 amide bonds. The van der Waals surface area contributed by atoms with E-state index in [0.29, 0.717) is 5.75 Å². The van der Waals surface area contributed by atoms with Crippen LogP contribution >= 0.6 is 0 Å². The molecule has 1 saturated heterocycles. The molecule has 3 N–H and O–H groups in total. The summed E-state index contributed by atoms with van der Waals surface area (Å²) < 4.78 is 5.33. The standard InChI is InChI=1S/C18H29N3O2/c1-12-6-7-15(23-5)14(10-12)20-17(22)13(2)21-9-8-16(19)18(3,4)11-21/h6-7,10,13,16H,8-9,11,19H2,1-5H3,(H,20,22). The van der Waals surface area contributed by atoms with Crippen molar-refractivity contribution in [1.82, 2.24) is 4.90 Å². The largest absolute Gasteiger partial charge is 0.495 e. The van der Waals surface area contributed by atoms with Crippen molar-refractivity contribution in [2.75, 3.05) is 25.5 Å². The molecule has 23 heavy (non-hydrogen) atoms. The minimum absolute atomic E-state index is 0.0137. The zero-order valence-corrected chi connectivity index (χ0v) is 14.8. The van der Waals surface area contributed by atoms with E-state index in [1.165, 1.54) is 0 Å². The zero-order chi connectivity index (χ0) is 17.2.